The van der Waals surface area contributed by atoms with Gasteiger partial charge in [-0.2, -0.15) is 0 Å². The Hall–Kier alpha value is -0.380. The molecule has 1 aromatic rings. The Labute approximate surface area is 79.9 Å². The van der Waals surface area contributed by atoms with Gasteiger partial charge in [0.2, 0.25) is 0 Å². The van der Waals surface area contributed by atoms with Gasteiger partial charge in [0, 0.05) is 5.02 Å². The Morgan fingerprint density at radius 2 is 1.69 bits per heavy atom. The Bertz CT molecular complexity index is 331. The third-order valence-electron chi connectivity index (χ3n) is 1.49. The third kappa shape index (κ3) is 2.79. The first-order valence-corrected chi connectivity index (χ1v) is 5.46. The molecule has 3 N–H and O–H groups in total. The summed E-state index contributed by atoms with van der Waals surface area (Å²) < 4.78 is 10.6. The van der Waals surface area contributed by atoms with E-state index in [1.807, 2.05) is 0 Å². The van der Waals surface area contributed by atoms with E-state index in [0.29, 0.717) is 5.02 Å². The van der Waals surface area contributed by atoms with E-state index in [1.54, 1.807) is 0 Å². The quantitative estimate of drug-likeness (QED) is 0.663. The Morgan fingerprint density at radius 1 is 1.23 bits per heavy atom. The van der Waals surface area contributed by atoms with Crippen molar-refractivity contribution >= 4 is 19.2 Å². The molecule has 0 amide bonds. The molecule has 0 spiro atoms. The SMILES string of the molecule is O=P(O)(O)C(O)c1ccc(Cl)cc1. The lowest BCUT2D eigenvalue weighted by Crippen LogP contribution is -1.97. The van der Waals surface area contributed by atoms with Crippen molar-refractivity contribution in [3.63, 3.8) is 0 Å². The minimum absolute atomic E-state index is 0.151. The summed E-state index contributed by atoms with van der Waals surface area (Å²) in [6.45, 7) is 0. The van der Waals surface area contributed by atoms with E-state index in [4.69, 9.17) is 26.5 Å². The molecular weight excluding hydrogens is 214 g/mol. The minimum Gasteiger partial charge on any atom is -0.376 e. The van der Waals surface area contributed by atoms with Crippen molar-refractivity contribution in [2.24, 2.45) is 0 Å². The molecule has 72 valence electrons. The highest BCUT2D eigenvalue weighted by molar-refractivity contribution is 7.51. The molecule has 0 bridgehead atoms. The number of hydrogen-bond acceptors (Lipinski definition) is 2. The first kappa shape index (κ1) is 10.7. The highest BCUT2D eigenvalue weighted by Gasteiger charge is 2.27. The van der Waals surface area contributed by atoms with Crippen LogP contribution >= 0.6 is 19.2 Å². The van der Waals surface area contributed by atoms with E-state index in [1.165, 1.54) is 24.3 Å². The monoisotopic (exact) mass is 222 g/mol. The Morgan fingerprint density at radius 3 is 2.08 bits per heavy atom. The standard InChI is InChI=1S/C7H8ClO4P/c8-6-3-1-5(2-4-6)7(9)13(10,11)12/h1-4,7,9H,(H2,10,11,12). The summed E-state index contributed by atoms with van der Waals surface area (Å²) in [5.74, 6) is -1.77. The normalized spacial score (nSPS) is 14.2. The lowest BCUT2D eigenvalue weighted by Gasteiger charge is -2.12. The van der Waals surface area contributed by atoms with Gasteiger partial charge < -0.3 is 14.9 Å². The number of benzene rings is 1. The van der Waals surface area contributed by atoms with Gasteiger partial charge in [-0.05, 0) is 17.7 Å². The number of aliphatic hydroxyl groups is 1. The van der Waals surface area contributed by atoms with Crippen molar-refractivity contribution in [1.29, 1.82) is 0 Å². The van der Waals surface area contributed by atoms with Crippen LogP contribution < -0.4 is 0 Å². The zero-order valence-electron chi connectivity index (χ0n) is 6.46. The first-order chi connectivity index (χ1) is 5.91. The summed E-state index contributed by atoms with van der Waals surface area (Å²) >= 11 is 5.55. The molecule has 0 radical (unpaired) electrons. The molecule has 1 atom stereocenters. The van der Waals surface area contributed by atoms with Gasteiger partial charge in [0.05, 0.1) is 0 Å². The van der Waals surface area contributed by atoms with Gasteiger partial charge >= 0.3 is 7.60 Å². The Kier molecular flexibility index (Phi) is 3.11. The zero-order valence-corrected chi connectivity index (χ0v) is 8.11. The second kappa shape index (κ2) is 3.78. The lowest BCUT2D eigenvalue weighted by molar-refractivity contribution is 0.205. The molecule has 4 nitrogen and oxygen atoms in total. The van der Waals surface area contributed by atoms with Crippen molar-refractivity contribution in [3.8, 4) is 0 Å². The van der Waals surface area contributed by atoms with Crippen LogP contribution in [-0.2, 0) is 4.57 Å². The van der Waals surface area contributed by atoms with Gasteiger partial charge in [-0.3, -0.25) is 4.57 Å². The number of hydrogen-bond donors (Lipinski definition) is 3. The molecule has 0 aliphatic heterocycles. The molecule has 1 rings (SSSR count). The van der Waals surface area contributed by atoms with Crippen LogP contribution in [0, 0.1) is 0 Å². The van der Waals surface area contributed by atoms with E-state index in [-0.39, 0.29) is 5.56 Å². The summed E-state index contributed by atoms with van der Waals surface area (Å²) in [6.07, 6.45) is 0. The molecule has 0 saturated heterocycles. The third-order valence-corrected chi connectivity index (χ3v) is 2.67. The van der Waals surface area contributed by atoms with Gasteiger partial charge in [0.15, 0.2) is 5.85 Å². The van der Waals surface area contributed by atoms with Gasteiger partial charge in [0.1, 0.15) is 0 Å². The minimum atomic E-state index is -4.48. The maximum atomic E-state index is 10.6. The van der Waals surface area contributed by atoms with E-state index >= 15 is 0 Å². The Balaban J connectivity index is 2.97. The fourth-order valence-corrected chi connectivity index (χ4v) is 1.52. The van der Waals surface area contributed by atoms with E-state index in [0.717, 1.165) is 0 Å². The van der Waals surface area contributed by atoms with Crippen molar-refractivity contribution < 1.29 is 19.5 Å². The van der Waals surface area contributed by atoms with Crippen LogP contribution in [0.25, 0.3) is 0 Å². The zero-order chi connectivity index (χ0) is 10.1. The number of rotatable bonds is 2. The molecule has 0 aliphatic carbocycles. The van der Waals surface area contributed by atoms with Crippen molar-refractivity contribution in [3.05, 3.63) is 34.9 Å². The number of halogens is 1. The molecule has 0 fully saturated rings. The van der Waals surface area contributed by atoms with Crippen molar-refractivity contribution in [2.45, 2.75) is 5.85 Å². The molecule has 1 unspecified atom stereocenters. The average molecular weight is 223 g/mol. The van der Waals surface area contributed by atoms with E-state index < -0.39 is 13.4 Å². The summed E-state index contributed by atoms with van der Waals surface area (Å²) in [4.78, 5) is 17.3. The van der Waals surface area contributed by atoms with Crippen LogP contribution in [0.4, 0.5) is 0 Å². The van der Waals surface area contributed by atoms with Crippen LogP contribution in [0.15, 0.2) is 24.3 Å². The van der Waals surface area contributed by atoms with Gasteiger partial charge in [-0.15, -0.1) is 0 Å². The van der Waals surface area contributed by atoms with Crippen LogP contribution in [0.1, 0.15) is 11.4 Å². The first-order valence-electron chi connectivity index (χ1n) is 3.40. The average Bonchev–Trinajstić information content (AvgIpc) is 2.03. The number of aliphatic hydroxyl groups excluding tert-OH is 1. The van der Waals surface area contributed by atoms with Crippen molar-refractivity contribution in [2.75, 3.05) is 0 Å². The fraction of sp³-hybridized carbons (Fsp3) is 0.143. The van der Waals surface area contributed by atoms with Gasteiger partial charge in [0.25, 0.3) is 0 Å². The molecule has 0 heterocycles. The maximum absolute atomic E-state index is 10.6. The fourth-order valence-electron chi connectivity index (χ4n) is 0.829. The van der Waals surface area contributed by atoms with Crippen LogP contribution in [0.5, 0.6) is 0 Å². The predicted molar refractivity (Wildman–Crippen MR) is 48.5 cm³/mol. The second-order valence-corrected chi connectivity index (χ2v) is 4.62. The van der Waals surface area contributed by atoms with E-state index in [2.05, 4.69) is 0 Å². The summed E-state index contributed by atoms with van der Waals surface area (Å²) in [7, 11) is -4.48. The molecule has 0 saturated carbocycles. The molecule has 0 aliphatic rings. The molecular formula is C7H8ClO4P. The summed E-state index contributed by atoms with van der Waals surface area (Å²) in [6, 6.07) is 5.64. The summed E-state index contributed by atoms with van der Waals surface area (Å²) in [5.41, 5.74) is 0.151. The second-order valence-electron chi connectivity index (χ2n) is 2.51. The van der Waals surface area contributed by atoms with Crippen LogP contribution in [0.3, 0.4) is 0 Å². The maximum Gasteiger partial charge on any atom is 0.358 e. The highest BCUT2D eigenvalue weighted by atomic mass is 35.5. The predicted octanol–water partition coefficient (Wildman–Crippen LogP) is 1.51. The van der Waals surface area contributed by atoms with Gasteiger partial charge in [-0.1, -0.05) is 23.7 Å². The molecule has 1 aromatic carbocycles. The molecule has 13 heavy (non-hydrogen) atoms. The highest BCUT2D eigenvalue weighted by Crippen LogP contribution is 2.49. The topological polar surface area (TPSA) is 77.8 Å². The molecule has 0 aromatic heterocycles. The van der Waals surface area contributed by atoms with Crippen LogP contribution in [0.2, 0.25) is 5.02 Å². The van der Waals surface area contributed by atoms with E-state index in [9.17, 15) is 4.57 Å². The van der Waals surface area contributed by atoms with Gasteiger partial charge in [-0.25, -0.2) is 0 Å². The summed E-state index contributed by atoms with van der Waals surface area (Å²) in [5, 5.41) is 9.59. The van der Waals surface area contributed by atoms with Crippen molar-refractivity contribution in [1.82, 2.24) is 0 Å². The molecule has 6 heteroatoms. The smallest absolute Gasteiger partial charge is 0.358 e. The van der Waals surface area contributed by atoms with Crippen LogP contribution in [-0.4, -0.2) is 14.9 Å². The lowest BCUT2D eigenvalue weighted by atomic mass is 10.2. The largest absolute Gasteiger partial charge is 0.376 e.